The standard InChI is InChI=1S/C11H22N3.BrH/c1-4-5-6-13-9-10-14(11-13)8-7-12(2)3;/h9-11H,4-8H2,1-3H3;1H/q+1;/p-1. The fourth-order valence-electron chi connectivity index (χ4n) is 1.36. The Hall–Kier alpha value is -0.350. The second-order valence-corrected chi connectivity index (χ2v) is 4.05. The fraction of sp³-hybridized carbons (Fsp3) is 0.727. The molecule has 1 aromatic heterocycles. The Morgan fingerprint density at radius 3 is 2.67 bits per heavy atom. The molecule has 0 bridgehead atoms. The Morgan fingerprint density at radius 1 is 1.33 bits per heavy atom. The lowest BCUT2D eigenvalue weighted by Crippen LogP contribution is -3.00. The van der Waals surface area contributed by atoms with E-state index in [4.69, 9.17) is 0 Å². The Morgan fingerprint density at radius 2 is 2.07 bits per heavy atom. The zero-order chi connectivity index (χ0) is 10.4. The zero-order valence-corrected chi connectivity index (χ0v) is 11.6. The molecule has 0 saturated heterocycles. The molecule has 88 valence electrons. The van der Waals surface area contributed by atoms with Gasteiger partial charge in [0.1, 0.15) is 18.9 Å². The molecule has 4 heteroatoms. The molecule has 0 amide bonds. The molecule has 0 unspecified atom stereocenters. The minimum absolute atomic E-state index is 0. The molecule has 1 aromatic rings. The van der Waals surface area contributed by atoms with Crippen LogP contribution >= 0.6 is 0 Å². The van der Waals surface area contributed by atoms with Crippen molar-refractivity contribution in [1.29, 1.82) is 0 Å². The van der Waals surface area contributed by atoms with Crippen LogP contribution in [0.4, 0.5) is 0 Å². The van der Waals surface area contributed by atoms with Crippen molar-refractivity contribution in [2.24, 2.45) is 0 Å². The van der Waals surface area contributed by atoms with E-state index in [1.807, 2.05) is 0 Å². The summed E-state index contributed by atoms with van der Waals surface area (Å²) in [5, 5.41) is 0. The molecule has 0 radical (unpaired) electrons. The highest BCUT2D eigenvalue weighted by molar-refractivity contribution is 4.65. The Labute approximate surface area is 103 Å². The normalized spacial score (nSPS) is 10.4. The number of imidazole rings is 1. The molecule has 0 saturated carbocycles. The topological polar surface area (TPSA) is 12.0 Å². The van der Waals surface area contributed by atoms with Gasteiger partial charge in [-0.2, -0.15) is 0 Å². The first-order valence-corrected chi connectivity index (χ1v) is 5.42. The SMILES string of the molecule is CCCCn1cc[n+](CCN(C)C)c1.[Br-]. The molecular formula is C11H22BrN3. The van der Waals surface area contributed by atoms with Gasteiger partial charge in [0.05, 0.1) is 6.54 Å². The van der Waals surface area contributed by atoms with Crippen molar-refractivity contribution in [3.8, 4) is 0 Å². The maximum Gasteiger partial charge on any atom is 0.243 e. The molecule has 15 heavy (non-hydrogen) atoms. The van der Waals surface area contributed by atoms with Crippen molar-refractivity contribution in [1.82, 2.24) is 9.47 Å². The van der Waals surface area contributed by atoms with E-state index in [0.29, 0.717) is 0 Å². The molecule has 0 aromatic carbocycles. The predicted octanol–water partition coefficient (Wildman–Crippen LogP) is -1.86. The van der Waals surface area contributed by atoms with Gasteiger partial charge in [0.2, 0.25) is 6.33 Å². The molecule has 1 heterocycles. The zero-order valence-electron chi connectivity index (χ0n) is 9.99. The van der Waals surface area contributed by atoms with Crippen molar-refractivity contribution in [3.63, 3.8) is 0 Å². The number of aryl methyl sites for hydroxylation is 1. The number of rotatable bonds is 6. The summed E-state index contributed by atoms with van der Waals surface area (Å²) in [7, 11) is 4.21. The quantitative estimate of drug-likeness (QED) is 0.555. The highest BCUT2D eigenvalue weighted by Crippen LogP contribution is 1.92. The summed E-state index contributed by atoms with van der Waals surface area (Å²) in [6.45, 7) is 5.55. The summed E-state index contributed by atoms with van der Waals surface area (Å²) in [6.07, 6.45) is 9.03. The molecule has 1 rings (SSSR count). The van der Waals surface area contributed by atoms with Crippen molar-refractivity contribution < 1.29 is 21.5 Å². The lowest BCUT2D eigenvalue weighted by atomic mass is 10.3. The van der Waals surface area contributed by atoms with Crippen LogP contribution in [0.5, 0.6) is 0 Å². The third-order valence-corrected chi connectivity index (χ3v) is 2.32. The first-order chi connectivity index (χ1) is 6.72. The van der Waals surface area contributed by atoms with Gasteiger partial charge in [0.25, 0.3) is 0 Å². The van der Waals surface area contributed by atoms with Crippen molar-refractivity contribution in [3.05, 3.63) is 18.7 Å². The van der Waals surface area contributed by atoms with Gasteiger partial charge in [0.15, 0.2) is 0 Å². The lowest BCUT2D eigenvalue weighted by Gasteiger charge is -2.05. The summed E-state index contributed by atoms with van der Waals surface area (Å²) < 4.78 is 4.51. The molecule has 0 spiro atoms. The largest absolute Gasteiger partial charge is 1.00 e. The Balaban J connectivity index is 0.00000196. The highest BCUT2D eigenvalue weighted by atomic mass is 79.9. The van der Waals surface area contributed by atoms with Crippen LogP contribution < -0.4 is 21.5 Å². The minimum Gasteiger partial charge on any atom is -1.00 e. The van der Waals surface area contributed by atoms with Crippen LogP contribution in [-0.4, -0.2) is 30.1 Å². The monoisotopic (exact) mass is 275 g/mol. The van der Waals surface area contributed by atoms with Gasteiger partial charge in [-0.3, -0.25) is 0 Å². The van der Waals surface area contributed by atoms with Crippen molar-refractivity contribution in [2.75, 3.05) is 20.6 Å². The van der Waals surface area contributed by atoms with E-state index in [-0.39, 0.29) is 17.0 Å². The van der Waals surface area contributed by atoms with Gasteiger partial charge in [-0.25, -0.2) is 9.13 Å². The van der Waals surface area contributed by atoms with Gasteiger partial charge in [-0.15, -0.1) is 0 Å². The molecule has 0 N–H and O–H groups in total. The maximum absolute atomic E-state index is 2.26. The minimum atomic E-state index is 0. The van der Waals surface area contributed by atoms with Crippen LogP contribution in [0.2, 0.25) is 0 Å². The number of unbranched alkanes of at least 4 members (excludes halogenated alkanes) is 1. The average molecular weight is 276 g/mol. The summed E-state index contributed by atoms with van der Waals surface area (Å²) in [5.41, 5.74) is 0. The van der Waals surface area contributed by atoms with Gasteiger partial charge >= 0.3 is 0 Å². The average Bonchev–Trinajstić information content (AvgIpc) is 2.59. The fourth-order valence-corrected chi connectivity index (χ4v) is 1.36. The van der Waals surface area contributed by atoms with E-state index >= 15 is 0 Å². The van der Waals surface area contributed by atoms with Gasteiger partial charge in [-0.1, -0.05) is 13.3 Å². The number of halogens is 1. The maximum atomic E-state index is 2.26. The predicted molar refractivity (Wildman–Crippen MR) is 58.1 cm³/mol. The molecule has 3 nitrogen and oxygen atoms in total. The molecule has 0 atom stereocenters. The van der Waals surface area contributed by atoms with E-state index in [1.54, 1.807) is 0 Å². The summed E-state index contributed by atoms with van der Waals surface area (Å²) >= 11 is 0. The molecular weight excluding hydrogens is 254 g/mol. The van der Waals surface area contributed by atoms with Crippen LogP contribution in [-0.2, 0) is 13.1 Å². The van der Waals surface area contributed by atoms with E-state index in [9.17, 15) is 0 Å². The molecule has 0 aliphatic heterocycles. The van der Waals surface area contributed by atoms with E-state index in [2.05, 4.69) is 53.8 Å². The summed E-state index contributed by atoms with van der Waals surface area (Å²) in [6, 6.07) is 0. The lowest BCUT2D eigenvalue weighted by molar-refractivity contribution is -0.695. The summed E-state index contributed by atoms with van der Waals surface area (Å²) in [5.74, 6) is 0. The van der Waals surface area contributed by atoms with E-state index < -0.39 is 0 Å². The third kappa shape index (κ3) is 5.95. The number of hydrogen-bond donors (Lipinski definition) is 0. The van der Waals surface area contributed by atoms with Crippen LogP contribution in [0.1, 0.15) is 19.8 Å². The van der Waals surface area contributed by atoms with Crippen LogP contribution in [0.25, 0.3) is 0 Å². The van der Waals surface area contributed by atoms with Crippen LogP contribution in [0.3, 0.4) is 0 Å². The van der Waals surface area contributed by atoms with E-state index in [1.165, 1.54) is 12.8 Å². The van der Waals surface area contributed by atoms with Gasteiger partial charge < -0.3 is 21.9 Å². The van der Waals surface area contributed by atoms with Gasteiger partial charge in [-0.05, 0) is 20.5 Å². The second kappa shape index (κ2) is 7.88. The van der Waals surface area contributed by atoms with E-state index in [0.717, 1.165) is 19.6 Å². The number of aromatic nitrogens is 2. The first kappa shape index (κ1) is 14.6. The first-order valence-electron chi connectivity index (χ1n) is 5.42. The van der Waals surface area contributed by atoms with Crippen LogP contribution in [0, 0.1) is 0 Å². The van der Waals surface area contributed by atoms with Crippen molar-refractivity contribution in [2.45, 2.75) is 32.9 Å². The smallest absolute Gasteiger partial charge is 0.243 e. The van der Waals surface area contributed by atoms with Crippen molar-refractivity contribution >= 4 is 0 Å². The highest BCUT2D eigenvalue weighted by Gasteiger charge is 2.02. The van der Waals surface area contributed by atoms with Crippen LogP contribution in [0.15, 0.2) is 18.7 Å². The third-order valence-electron chi connectivity index (χ3n) is 2.32. The molecule has 0 aliphatic carbocycles. The number of hydrogen-bond acceptors (Lipinski definition) is 1. The molecule has 0 fully saturated rings. The number of nitrogens with zero attached hydrogens (tertiary/aromatic N) is 3. The summed E-state index contributed by atoms with van der Waals surface area (Å²) in [4.78, 5) is 2.20. The Bertz CT molecular complexity index is 258. The van der Waals surface area contributed by atoms with Gasteiger partial charge in [0, 0.05) is 6.54 Å². The number of likely N-dealkylation sites (N-methyl/N-ethyl adjacent to an activating group) is 1. The molecule has 0 aliphatic rings. The second-order valence-electron chi connectivity index (χ2n) is 4.05. The Kier molecular flexibility index (Phi) is 7.70.